The number of β-amino-alcohol motifs (C(OH)–C–C–N with tert-alkyl or cyclic N) is 1. The van der Waals surface area contributed by atoms with E-state index in [2.05, 4.69) is 11.1 Å². The predicted molar refractivity (Wildman–Crippen MR) is 76.3 cm³/mol. The summed E-state index contributed by atoms with van der Waals surface area (Å²) >= 11 is 0. The van der Waals surface area contributed by atoms with Crippen molar-refractivity contribution in [1.29, 1.82) is 5.26 Å². The Hall–Kier alpha value is -2.12. The van der Waals surface area contributed by atoms with Crippen LogP contribution in [-0.2, 0) is 0 Å². The summed E-state index contributed by atoms with van der Waals surface area (Å²) in [4.78, 5) is 6.62. The molecule has 20 heavy (non-hydrogen) atoms. The van der Waals surface area contributed by atoms with Gasteiger partial charge in [0.25, 0.3) is 0 Å². The minimum atomic E-state index is -0.556. The molecule has 2 aromatic rings. The van der Waals surface area contributed by atoms with E-state index in [1.807, 2.05) is 35.2 Å². The van der Waals surface area contributed by atoms with Crippen LogP contribution >= 0.6 is 0 Å². The molecule has 1 saturated heterocycles. The van der Waals surface area contributed by atoms with E-state index < -0.39 is 5.60 Å². The Morgan fingerprint density at radius 3 is 2.75 bits per heavy atom. The van der Waals surface area contributed by atoms with Crippen molar-refractivity contribution in [1.82, 2.24) is 4.98 Å². The van der Waals surface area contributed by atoms with Gasteiger partial charge in [-0.2, -0.15) is 5.26 Å². The zero-order valence-corrected chi connectivity index (χ0v) is 11.1. The fourth-order valence-corrected chi connectivity index (χ4v) is 3.07. The molecule has 4 nitrogen and oxygen atoms in total. The normalized spacial score (nSPS) is 20.5. The largest absolute Gasteiger partial charge is 0.386 e. The lowest BCUT2D eigenvalue weighted by atomic mass is 9.88. The van der Waals surface area contributed by atoms with Gasteiger partial charge in [0.1, 0.15) is 17.5 Å². The van der Waals surface area contributed by atoms with Gasteiger partial charge in [-0.1, -0.05) is 18.2 Å². The Labute approximate surface area is 117 Å². The summed E-state index contributed by atoms with van der Waals surface area (Å²) < 4.78 is 0. The van der Waals surface area contributed by atoms with Gasteiger partial charge >= 0.3 is 0 Å². The van der Waals surface area contributed by atoms with Gasteiger partial charge < -0.3 is 10.0 Å². The molecule has 2 fully saturated rings. The molecule has 4 heteroatoms. The minimum Gasteiger partial charge on any atom is -0.386 e. The molecule has 1 aliphatic heterocycles. The highest BCUT2D eigenvalue weighted by atomic mass is 16.3. The standard InChI is InChI=1S/C16H15N3O/c17-8-12-7-11-3-1-2-4-14(11)18-15(12)19-9-16(20,10-19)13-5-6-13/h1-4,7,13,20H,5-6,9-10H2. The van der Waals surface area contributed by atoms with Crippen molar-refractivity contribution in [3.8, 4) is 6.07 Å². The number of aromatic nitrogens is 1. The fraction of sp³-hybridized carbons (Fsp3) is 0.375. The molecule has 0 bridgehead atoms. The summed E-state index contributed by atoms with van der Waals surface area (Å²) in [5.41, 5.74) is 0.921. The molecule has 1 saturated carbocycles. The van der Waals surface area contributed by atoms with Crippen molar-refractivity contribution in [3.63, 3.8) is 0 Å². The monoisotopic (exact) mass is 265 g/mol. The summed E-state index contributed by atoms with van der Waals surface area (Å²) in [6.45, 7) is 1.19. The van der Waals surface area contributed by atoms with Crippen LogP contribution < -0.4 is 4.90 Å². The zero-order chi connectivity index (χ0) is 13.7. The number of rotatable bonds is 2. The lowest BCUT2D eigenvalue weighted by Crippen LogP contribution is -2.63. The average Bonchev–Trinajstić information content (AvgIpc) is 3.27. The van der Waals surface area contributed by atoms with Crippen LogP contribution in [0, 0.1) is 17.2 Å². The van der Waals surface area contributed by atoms with E-state index in [1.54, 1.807) is 0 Å². The number of hydrogen-bond acceptors (Lipinski definition) is 4. The summed E-state index contributed by atoms with van der Waals surface area (Å²) in [5, 5.41) is 20.7. The van der Waals surface area contributed by atoms with Gasteiger partial charge in [0.05, 0.1) is 24.2 Å². The second-order valence-corrected chi connectivity index (χ2v) is 5.90. The molecule has 0 unspecified atom stereocenters. The highest BCUT2D eigenvalue weighted by molar-refractivity contribution is 5.83. The number of nitrogens with zero attached hydrogens (tertiary/aromatic N) is 3. The van der Waals surface area contributed by atoms with Crippen molar-refractivity contribution < 1.29 is 5.11 Å². The number of hydrogen-bond donors (Lipinski definition) is 1. The number of benzene rings is 1. The van der Waals surface area contributed by atoms with Crippen LogP contribution in [0.25, 0.3) is 10.9 Å². The quantitative estimate of drug-likeness (QED) is 0.903. The number of para-hydroxylation sites is 1. The Balaban J connectivity index is 1.71. The molecule has 100 valence electrons. The third-order valence-corrected chi connectivity index (χ3v) is 4.39. The Morgan fingerprint density at radius 1 is 1.30 bits per heavy atom. The first-order valence-electron chi connectivity index (χ1n) is 6.97. The molecule has 1 N–H and O–H groups in total. The van der Waals surface area contributed by atoms with Crippen LogP contribution in [0.15, 0.2) is 30.3 Å². The number of pyridine rings is 1. The van der Waals surface area contributed by atoms with E-state index in [0.717, 1.165) is 23.7 Å². The van der Waals surface area contributed by atoms with E-state index in [-0.39, 0.29) is 0 Å². The van der Waals surface area contributed by atoms with Gasteiger partial charge in [-0.3, -0.25) is 0 Å². The molecule has 2 aliphatic rings. The summed E-state index contributed by atoms with van der Waals surface area (Å²) in [6, 6.07) is 11.9. The lowest BCUT2D eigenvalue weighted by Gasteiger charge is -2.47. The van der Waals surface area contributed by atoms with Crippen LogP contribution in [0.1, 0.15) is 18.4 Å². The number of nitriles is 1. The van der Waals surface area contributed by atoms with Gasteiger partial charge in [0.2, 0.25) is 0 Å². The van der Waals surface area contributed by atoms with Gasteiger partial charge in [0.15, 0.2) is 0 Å². The predicted octanol–water partition coefficient (Wildman–Crippen LogP) is 2.07. The molecule has 0 radical (unpaired) electrons. The van der Waals surface area contributed by atoms with E-state index in [0.29, 0.717) is 30.4 Å². The summed E-state index contributed by atoms with van der Waals surface area (Å²) in [6.07, 6.45) is 2.25. The SMILES string of the molecule is N#Cc1cc2ccccc2nc1N1CC(O)(C2CC2)C1. The molecule has 1 aliphatic carbocycles. The maximum Gasteiger partial charge on any atom is 0.147 e. The molecule has 1 aromatic heterocycles. The van der Waals surface area contributed by atoms with E-state index >= 15 is 0 Å². The molecule has 2 heterocycles. The van der Waals surface area contributed by atoms with Crippen LogP contribution in [0.5, 0.6) is 0 Å². The first kappa shape index (κ1) is 11.7. The first-order chi connectivity index (χ1) is 9.69. The molecule has 0 spiro atoms. The molecule has 4 rings (SSSR count). The maximum absolute atomic E-state index is 10.4. The van der Waals surface area contributed by atoms with Crippen molar-refractivity contribution >= 4 is 16.7 Å². The smallest absolute Gasteiger partial charge is 0.147 e. The van der Waals surface area contributed by atoms with Gasteiger partial charge in [-0.25, -0.2) is 4.98 Å². The van der Waals surface area contributed by atoms with Crippen molar-refractivity contribution in [3.05, 3.63) is 35.9 Å². The van der Waals surface area contributed by atoms with E-state index in [9.17, 15) is 10.4 Å². The second-order valence-electron chi connectivity index (χ2n) is 5.90. The molecular formula is C16H15N3O. The highest BCUT2D eigenvalue weighted by Crippen LogP contribution is 2.45. The van der Waals surface area contributed by atoms with E-state index in [1.165, 1.54) is 0 Å². The van der Waals surface area contributed by atoms with Crippen LogP contribution in [0.2, 0.25) is 0 Å². The number of aliphatic hydroxyl groups is 1. The fourth-order valence-electron chi connectivity index (χ4n) is 3.07. The summed E-state index contributed by atoms with van der Waals surface area (Å²) in [5.74, 6) is 1.15. The third kappa shape index (κ3) is 1.67. The molecule has 1 aromatic carbocycles. The highest BCUT2D eigenvalue weighted by Gasteiger charge is 2.52. The van der Waals surface area contributed by atoms with Crippen LogP contribution in [-0.4, -0.2) is 28.8 Å². The third-order valence-electron chi connectivity index (χ3n) is 4.39. The lowest BCUT2D eigenvalue weighted by molar-refractivity contribution is -0.00973. The Bertz CT molecular complexity index is 724. The van der Waals surface area contributed by atoms with Gasteiger partial charge in [-0.05, 0) is 30.9 Å². The Morgan fingerprint density at radius 2 is 2.05 bits per heavy atom. The first-order valence-corrected chi connectivity index (χ1v) is 6.97. The number of anilines is 1. The molecule has 0 atom stereocenters. The maximum atomic E-state index is 10.4. The van der Waals surface area contributed by atoms with Crippen molar-refractivity contribution in [2.24, 2.45) is 5.92 Å². The second kappa shape index (κ2) is 3.94. The van der Waals surface area contributed by atoms with Gasteiger partial charge in [0, 0.05) is 5.39 Å². The van der Waals surface area contributed by atoms with E-state index in [4.69, 9.17) is 0 Å². The molecular weight excluding hydrogens is 250 g/mol. The summed E-state index contributed by atoms with van der Waals surface area (Å²) in [7, 11) is 0. The minimum absolute atomic E-state index is 0.449. The van der Waals surface area contributed by atoms with Gasteiger partial charge in [-0.15, -0.1) is 0 Å². The Kier molecular flexibility index (Phi) is 2.30. The zero-order valence-electron chi connectivity index (χ0n) is 11.1. The average molecular weight is 265 g/mol. The molecule has 0 amide bonds. The van der Waals surface area contributed by atoms with Crippen molar-refractivity contribution in [2.75, 3.05) is 18.0 Å². The van der Waals surface area contributed by atoms with Crippen LogP contribution in [0.4, 0.5) is 5.82 Å². The number of fused-ring (bicyclic) bond motifs is 1. The van der Waals surface area contributed by atoms with Crippen LogP contribution in [0.3, 0.4) is 0 Å². The topological polar surface area (TPSA) is 60.2 Å². The van der Waals surface area contributed by atoms with Crippen molar-refractivity contribution in [2.45, 2.75) is 18.4 Å².